The number of nitrogens with zero attached hydrogens (tertiary/aromatic N) is 5. The summed E-state index contributed by atoms with van der Waals surface area (Å²) in [6.45, 7) is 3.34. The Morgan fingerprint density at radius 3 is 2.60 bits per heavy atom. The lowest BCUT2D eigenvalue weighted by Crippen LogP contribution is -2.37. The van der Waals surface area contributed by atoms with Crippen molar-refractivity contribution < 1.29 is 9.59 Å². The van der Waals surface area contributed by atoms with Gasteiger partial charge >= 0.3 is 0 Å². The maximum atomic E-state index is 12.1. The third-order valence-corrected chi connectivity index (χ3v) is 4.36. The summed E-state index contributed by atoms with van der Waals surface area (Å²) in [5.41, 5.74) is 1.97. The first-order valence-electron chi connectivity index (χ1n) is 8.24. The Morgan fingerprint density at radius 1 is 1.16 bits per heavy atom. The van der Waals surface area contributed by atoms with Crippen LogP contribution in [0.25, 0.3) is 0 Å². The summed E-state index contributed by atoms with van der Waals surface area (Å²) in [5, 5.41) is 2.83. The number of hydrogen-bond donors (Lipinski definition) is 1. The van der Waals surface area contributed by atoms with E-state index in [1.807, 2.05) is 4.90 Å². The van der Waals surface area contributed by atoms with Gasteiger partial charge < -0.3 is 10.2 Å². The standard InChI is InChI=1S/C17H20N6O2/c1-12(24)23-8-3-13(4-9-23)16-15(19-6-7-20-16)10-21-17(25)14-2-5-18-11-22-14/h2,5-7,11,13H,3-4,8-10H2,1H3,(H,21,25). The molecule has 2 aromatic heterocycles. The highest BCUT2D eigenvalue weighted by molar-refractivity contribution is 5.91. The fourth-order valence-corrected chi connectivity index (χ4v) is 3.00. The number of rotatable bonds is 4. The Kier molecular flexibility index (Phi) is 5.27. The third kappa shape index (κ3) is 4.14. The van der Waals surface area contributed by atoms with Gasteiger partial charge in [0.1, 0.15) is 12.0 Å². The molecule has 0 atom stereocenters. The van der Waals surface area contributed by atoms with Crippen molar-refractivity contribution in [3.05, 3.63) is 48.1 Å². The zero-order chi connectivity index (χ0) is 17.6. The van der Waals surface area contributed by atoms with Gasteiger partial charge in [0.15, 0.2) is 0 Å². The van der Waals surface area contributed by atoms with E-state index in [9.17, 15) is 9.59 Å². The number of nitrogens with one attached hydrogen (secondary N) is 1. The van der Waals surface area contributed by atoms with Crippen LogP contribution in [0.4, 0.5) is 0 Å². The van der Waals surface area contributed by atoms with Crippen LogP contribution in [0.1, 0.15) is 47.6 Å². The molecule has 3 heterocycles. The number of amides is 2. The van der Waals surface area contributed by atoms with Crippen molar-refractivity contribution in [3.8, 4) is 0 Å². The number of piperidine rings is 1. The van der Waals surface area contributed by atoms with Crippen LogP contribution in [0, 0.1) is 0 Å². The number of aromatic nitrogens is 4. The second-order valence-corrected chi connectivity index (χ2v) is 5.95. The summed E-state index contributed by atoms with van der Waals surface area (Å²) in [7, 11) is 0. The predicted octanol–water partition coefficient (Wildman–Crippen LogP) is 0.922. The van der Waals surface area contributed by atoms with Crippen molar-refractivity contribution in [2.45, 2.75) is 32.2 Å². The molecule has 0 unspecified atom stereocenters. The average molecular weight is 340 g/mol. The zero-order valence-electron chi connectivity index (χ0n) is 14.1. The van der Waals surface area contributed by atoms with Crippen molar-refractivity contribution in [2.75, 3.05) is 13.1 Å². The van der Waals surface area contributed by atoms with Crippen molar-refractivity contribution in [1.82, 2.24) is 30.2 Å². The molecule has 130 valence electrons. The van der Waals surface area contributed by atoms with E-state index in [-0.39, 0.29) is 17.7 Å². The van der Waals surface area contributed by atoms with Gasteiger partial charge in [-0.1, -0.05) is 0 Å². The van der Waals surface area contributed by atoms with Crippen LogP contribution in [-0.4, -0.2) is 49.7 Å². The molecule has 0 aromatic carbocycles. The van der Waals surface area contributed by atoms with E-state index in [1.54, 1.807) is 25.4 Å². The Balaban J connectivity index is 1.65. The van der Waals surface area contributed by atoms with Crippen LogP contribution in [0.2, 0.25) is 0 Å². The monoisotopic (exact) mass is 340 g/mol. The summed E-state index contributed by atoms with van der Waals surface area (Å²) >= 11 is 0. The Morgan fingerprint density at radius 2 is 1.92 bits per heavy atom. The minimum atomic E-state index is -0.273. The highest BCUT2D eigenvalue weighted by Gasteiger charge is 2.25. The molecule has 1 saturated heterocycles. The topological polar surface area (TPSA) is 101 Å². The van der Waals surface area contributed by atoms with Crippen LogP contribution in [-0.2, 0) is 11.3 Å². The van der Waals surface area contributed by atoms with Crippen molar-refractivity contribution in [1.29, 1.82) is 0 Å². The van der Waals surface area contributed by atoms with Gasteiger partial charge in [-0.2, -0.15) is 0 Å². The second-order valence-electron chi connectivity index (χ2n) is 5.95. The van der Waals surface area contributed by atoms with Gasteiger partial charge in [0.05, 0.1) is 17.9 Å². The molecule has 0 radical (unpaired) electrons. The van der Waals surface area contributed by atoms with Gasteiger partial charge in [0.2, 0.25) is 5.91 Å². The molecule has 1 fully saturated rings. The first-order chi connectivity index (χ1) is 12.1. The van der Waals surface area contributed by atoms with Crippen molar-refractivity contribution >= 4 is 11.8 Å². The van der Waals surface area contributed by atoms with Gasteiger partial charge in [0, 0.05) is 44.5 Å². The number of carbonyl (C=O) groups excluding carboxylic acids is 2. The van der Waals surface area contributed by atoms with E-state index in [1.165, 1.54) is 12.5 Å². The van der Waals surface area contributed by atoms with E-state index >= 15 is 0 Å². The Hall–Kier alpha value is -2.90. The fourth-order valence-electron chi connectivity index (χ4n) is 3.00. The van der Waals surface area contributed by atoms with Crippen molar-refractivity contribution in [3.63, 3.8) is 0 Å². The maximum absolute atomic E-state index is 12.1. The minimum absolute atomic E-state index is 0.106. The van der Waals surface area contributed by atoms with Gasteiger partial charge in [-0.15, -0.1) is 0 Å². The maximum Gasteiger partial charge on any atom is 0.270 e. The molecule has 1 N–H and O–H groups in total. The number of carbonyl (C=O) groups is 2. The van der Waals surface area contributed by atoms with Crippen LogP contribution < -0.4 is 5.32 Å². The molecule has 0 aliphatic carbocycles. The molecular formula is C17H20N6O2. The summed E-state index contributed by atoms with van der Waals surface area (Å²) in [6, 6.07) is 1.56. The quantitative estimate of drug-likeness (QED) is 0.888. The van der Waals surface area contributed by atoms with Crippen LogP contribution >= 0.6 is 0 Å². The molecule has 25 heavy (non-hydrogen) atoms. The molecular weight excluding hydrogens is 320 g/mol. The van der Waals surface area contributed by atoms with Crippen LogP contribution in [0.15, 0.2) is 31.0 Å². The summed E-state index contributed by atoms with van der Waals surface area (Å²) in [6.07, 6.45) is 7.86. The first-order valence-corrected chi connectivity index (χ1v) is 8.24. The van der Waals surface area contributed by atoms with E-state index < -0.39 is 0 Å². The lowest BCUT2D eigenvalue weighted by molar-refractivity contribution is -0.129. The van der Waals surface area contributed by atoms with E-state index in [4.69, 9.17) is 0 Å². The number of hydrogen-bond acceptors (Lipinski definition) is 6. The van der Waals surface area contributed by atoms with E-state index in [0.29, 0.717) is 12.2 Å². The molecule has 0 bridgehead atoms. The summed E-state index contributed by atoms with van der Waals surface area (Å²) < 4.78 is 0. The summed E-state index contributed by atoms with van der Waals surface area (Å²) in [4.78, 5) is 42.0. The smallest absolute Gasteiger partial charge is 0.270 e. The SMILES string of the molecule is CC(=O)N1CCC(c2nccnc2CNC(=O)c2ccncn2)CC1. The predicted molar refractivity (Wildman–Crippen MR) is 89.5 cm³/mol. The largest absolute Gasteiger partial charge is 0.345 e. The Bertz CT molecular complexity index is 744. The molecule has 0 saturated carbocycles. The second kappa shape index (κ2) is 7.78. The lowest BCUT2D eigenvalue weighted by Gasteiger charge is -2.31. The first kappa shape index (κ1) is 16.9. The molecule has 3 rings (SSSR count). The molecule has 1 aliphatic rings. The van der Waals surface area contributed by atoms with Gasteiger partial charge in [-0.05, 0) is 18.9 Å². The fraction of sp³-hybridized carbons (Fsp3) is 0.412. The third-order valence-electron chi connectivity index (χ3n) is 4.36. The zero-order valence-corrected chi connectivity index (χ0v) is 14.1. The number of likely N-dealkylation sites (tertiary alicyclic amines) is 1. The van der Waals surface area contributed by atoms with Crippen LogP contribution in [0.3, 0.4) is 0 Å². The van der Waals surface area contributed by atoms with Gasteiger partial charge in [0.25, 0.3) is 5.91 Å². The highest BCUT2D eigenvalue weighted by Crippen LogP contribution is 2.28. The molecule has 0 spiro atoms. The van der Waals surface area contributed by atoms with E-state index in [2.05, 4.69) is 25.3 Å². The average Bonchev–Trinajstić information content (AvgIpc) is 2.67. The molecule has 8 nitrogen and oxygen atoms in total. The molecule has 2 aromatic rings. The normalized spacial score (nSPS) is 15.0. The summed E-state index contributed by atoms with van der Waals surface area (Å²) in [5.74, 6) is 0.0792. The van der Waals surface area contributed by atoms with Gasteiger partial charge in [-0.25, -0.2) is 9.97 Å². The van der Waals surface area contributed by atoms with E-state index in [0.717, 1.165) is 37.3 Å². The lowest BCUT2D eigenvalue weighted by atomic mass is 9.92. The minimum Gasteiger partial charge on any atom is -0.345 e. The molecule has 1 aliphatic heterocycles. The van der Waals surface area contributed by atoms with Crippen molar-refractivity contribution in [2.24, 2.45) is 0 Å². The molecule has 8 heteroatoms. The Labute approximate surface area is 145 Å². The van der Waals surface area contributed by atoms with Crippen LogP contribution in [0.5, 0.6) is 0 Å². The highest BCUT2D eigenvalue weighted by atomic mass is 16.2. The molecule has 2 amide bonds. The van der Waals surface area contributed by atoms with Gasteiger partial charge in [-0.3, -0.25) is 19.6 Å².